The highest BCUT2D eigenvalue weighted by atomic mass is 32.1. The summed E-state index contributed by atoms with van der Waals surface area (Å²) >= 11 is 1.71. The summed E-state index contributed by atoms with van der Waals surface area (Å²) in [6.07, 6.45) is 4.75. The van der Waals surface area contributed by atoms with Gasteiger partial charge in [0.05, 0.1) is 12.6 Å². The molecule has 5 nitrogen and oxygen atoms in total. The summed E-state index contributed by atoms with van der Waals surface area (Å²) in [4.78, 5) is 17.5. The highest BCUT2D eigenvalue weighted by Crippen LogP contribution is 2.19. The smallest absolute Gasteiger partial charge is 0.234 e. The Balaban J connectivity index is 1.71. The van der Waals surface area contributed by atoms with Crippen molar-refractivity contribution in [1.82, 2.24) is 15.6 Å². The average molecular weight is 297 g/mol. The van der Waals surface area contributed by atoms with E-state index in [1.165, 1.54) is 4.88 Å². The van der Waals surface area contributed by atoms with Crippen LogP contribution in [0.1, 0.15) is 42.6 Å². The molecular formula is C14H23N3O2S. The number of amides is 1. The molecule has 6 heteroatoms. The molecule has 112 valence electrons. The van der Waals surface area contributed by atoms with Gasteiger partial charge in [0.2, 0.25) is 5.91 Å². The minimum Gasteiger partial charge on any atom is -0.381 e. The molecule has 1 saturated heterocycles. The first-order chi connectivity index (χ1) is 9.69. The summed E-state index contributed by atoms with van der Waals surface area (Å²) in [7, 11) is 0. The van der Waals surface area contributed by atoms with Gasteiger partial charge in [-0.2, -0.15) is 0 Å². The van der Waals surface area contributed by atoms with Gasteiger partial charge in [-0.05, 0) is 26.2 Å². The molecule has 0 saturated carbocycles. The van der Waals surface area contributed by atoms with Crippen LogP contribution < -0.4 is 10.6 Å². The number of aromatic nitrogens is 1. The third-order valence-electron chi connectivity index (χ3n) is 3.45. The maximum atomic E-state index is 11.9. The van der Waals surface area contributed by atoms with Crippen LogP contribution in [0.5, 0.6) is 0 Å². The minimum absolute atomic E-state index is 0.0519. The summed E-state index contributed by atoms with van der Waals surface area (Å²) in [6.45, 7) is 5.98. The van der Waals surface area contributed by atoms with E-state index in [-0.39, 0.29) is 18.0 Å². The van der Waals surface area contributed by atoms with Crippen molar-refractivity contribution in [3.8, 4) is 0 Å². The first-order valence-corrected chi connectivity index (χ1v) is 8.05. The maximum Gasteiger partial charge on any atom is 0.234 e. The maximum absolute atomic E-state index is 11.9. The van der Waals surface area contributed by atoms with E-state index in [0.29, 0.717) is 6.54 Å². The third-order valence-corrected chi connectivity index (χ3v) is 4.77. The fourth-order valence-electron chi connectivity index (χ4n) is 2.14. The number of aryl methyl sites for hydroxylation is 1. The second-order valence-corrected chi connectivity index (χ2v) is 6.22. The van der Waals surface area contributed by atoms with Crippen LogP contribution >= 0.6 is 11.3 Å². The number of nitrogens with one attached hydrogen (secondary N) is 2. The van der Waals surface area contributed by atoms with Crippen LogP contribution in [0.2, 0.25) is 0 Å². The van der Waals surface area contributed by atoms with Crippen molar-refractivity contribution in [3.05, 3.63) is 16.1 Å². The molecule has 1 fully saturated rings. The number of nitrogens with zero attached hydrogens (tertiary/aromatic N) is 1. The molecule has 2 heterocycles. The monoisotopic (exact) mass is 297 g/mol. The molecule has 1 aromatic heterocycles. The SMILES string of the molecule is CCc1cnc(C(C)NCC(=O)NC2CCOCC2)s1. The standard InChI is InChI=1S/C14H23N3O2S/c1-3-12-8-16-14(20-12)10(2)15-9-13(18)17-11-4-6-19-7-5-11/h8,10-11,15H,3-7,9H2,1-2H3,(H,17,18). The third kappa shape index (κ3) is 4.54. The van der Waals surface area contributed by atoms with Crippen LogP contribution in [0.3, 0.4) is 0 Å². The van der Waals surface area contributed by atoms with Crippen LogP contribution in [0.25, 0.3) is 0 Å². The van der Waals surface area contributed by atoms with E-state index in [0.717, 1.165) is 37.5 Å². The number of carbonyl (C=O) groups is 1. The fraction of sp³-hybridized carbons (Fsp3) is 0.714. The zero-order chi connectivity index (χ0) is 14.4. The summed E-state index contributed by atoms with van der Waals surface area (Å²) in [5.41, 5.74) is 0. The normalized spacial score (nSPS) is 17.9. The second kappa shape index (κ2) is 7.71. The molecule has 1 aromatic rings. The van der Waals surface area contributed by atoms with E-state index in [9.17, 15) is 4.79 Å². The van der Waals surface area contributed by atoms with E-state index in [4.69, 9.17) is 4.74 Å². The molecule has 1 aliphatic rings. The largest absolute Gasteiger partial charge is 0.381 e. The number of carbonyl (C=O) groups excluding carboxylic acids is 1. The molecule has 0 bridgehead atoms. The lowest BCUT2D eigenvalue weighted by Crippen LogP contribution is -2.43. The van der Waals surface area contributed by atoms with Crippen molar-refractivity contribution in [2.24, 2.45) is 0 Å². The Labute approximate surface area is 124 Å². The molecule has 0 radical (unpaired) electrons. The van der Waals surface area contributed by atoms with Gasteiger partial charge < -0.3 is 10.1 Å². The Bertz CT molecular complexity index is 430. The average Bonchev–Trinajstić information content (AvgIpc) is 2.95. The van der Waals surface area contributed by atoms with Gasteiger partial charge in [-0.3, -0.25) is 10.1 Å². The summed E-state index contributed by atoms with van der Waals surface area (Å²) in [5, 5.41) is 7.32. The van der Waals surface area contributed by atoms with Crippen molar-refractivity contribution in [2.45, 2.75) is 45.2 Å². The lowest BCUT2D eigenvalue weighted by atomic mass is 10.1. The van der Waals surface area contributed by atoms with Gasteiger partial charge in [-0.15, -0.1) is 11.3 Å². The zero-order valence-electron chi connectivity index (χ0n) is 12.1. The summed E-state index contributed by atoms with van der Waals surface area (Å²) < 4.78 is 5.28. The minimum atomic E-state index is 0.0519. The van der Waals surface area contributed by atoms with Crippen molar-refractivity contribution in [2.75, 3.05) is 19.8 Å². The van der Waals surface area contributed by atoms with Crippen LogP contribution in [0.4, 0.5) is 0 Å². The van der Waals surface area contributed by atoms with Gasteiger partial charge in [-0.1, -0.05) is 6.92 Å². The topological polar surface area (TPSA) is 63.2 Å². The molecular weight excluding hydrogens is 274 g/mol. The zero-order valence-corrected chi connectivity index (χ0v) is 13.0. The van der Waals surface area contributed by atoms with Gasteiger partial charge in [-0.25, -0.2) is 4.98 Å². The lowest BCUT2D eigenvalue weighted by Gasteiger charge is -2.23. The number of hydrogen-bond donors (Lipinski definition) is 2. The molecule has 1 atom stereocenters. The summed E-state index contributed by atoms with van der Waals surface area (Å²) in [5.74, 6) is 0.0519. The summed E-state index contributed by atoms with van der Waals surface area (Å²) in [6, 6.07) is 0.376. The molecule has 0 spiro atoms. The quantitative estimate of drug-likeness (QED) is 0.838. The molecule has 2 rings (SSSR count). The Morgan fingerprint density at radius 3 is 2.95 bits per heavy atom. The van der Waals surface area contributed by atoms with Crippen LogP contribution in [0.15, 0.2) is 6.20 Å². The first kappa shape index (κ1) is 15.4. The highest BCUT2D eigenvalue weighted by Gasteiger charge is 2.17. The van der Waals surface area contributed by atoms with Crippen LogP contribution in [-0.2, 0) is 16.0 Å². The first-order valence-electron chi connectivity index (χ1n) is 7.24. The highest BCUT2D eigenvalue weighted by molar-refractivity contribution is 7.11. The molecule has 1 amide bonds. The fourth-order valence-corrected chi connectivity index (χ4v) is 3.02. The second-order valence-electron chi connectivity index (χ2n) is 5.08. The molecule has 20 heavy (non-hydrogen) atoms. The van der Waals surface area contributed by atoms with Gasteiger partial charge in [0.15, 0.2) is 0 Å². The molecule has 2 N–H and O–H groups in total. The Kier molecular flexibility index (Phi) is 5.94. The predicted octanol–water partition coefficient (Wildman–Crippen LogP) is 1.65. The van der Waals surface area contributed by atoms with E-state index in [1.807, 2.05) is 13.1 Å². The number of ether oxygens (including phenoxy) is 1. The van der Waals surface area contributed by atoms with Crippen molar-refractivity contribution in [1.29, 1.82) is 0 Å². The molecule has 1 unspecified atom stereocenters. The van der Waals surface area contributed by atoms with Gasteiger partial charge in [0, 0.05) is 30.3 Å². The van der Waals surface area contributed by atoms with Gasteiger partial charge in [0.1, 0.15) is 5.01 Å². The lowest BCUT2D eigenvalue weighted by molar-refractivity contribution is -0.121. The number of rotatable bonds is 6. The molecule has 0 aliphatic carbocycles. The van der Waals surface area contributed by atoms with E-state index in [1.54, 1.807) is 11.3 Å². The van der Waals surface area contributed by atoms with Crippen molar-refractivity contribution < 1.29 is 9.53 Å². The van der Waals surface area contributed by atoms with Gasteiger partial charge in [0.25, 0.3) is 0 Å². The van der Waals surface area contributed by atoms with Crippen LogP contribution in [0, 0.1) is 0 Å². The Morgan fingerprint density at radius 2 is 2.30 bits per heavy atom. The van der Waals surface area contributed by atoms with Crippen LogP contribution in [-0.4, -0.2) is 36.7 Å². The van der Waals surface area contributed by atoms with E-state index < -0.39 is 0 Å². The molecule has 0 aromatic carbocycles. The Hall–Kier alpha value is -0.980. The number of thiazole rings is 1. The van der Waals surface area contributed by atoms with Crippen molar-refractivity contribution in [3.63, 3.8) is 0 Å². The predicted molar refractivity (Wildman–Crippen MR) is 79.9 cm³/mol. The number of hydrogen-bond acceptors (Lipinski definition) is 5. The van der Waals surface area contributed by atoms with E-state index >= 15 is 0 Å². The van der Waals surface area contributed by atoms with Gasteiger partial charge >= 0.3 is 0 Å². The Morgan fingerprint density at radius 1 is 1.55 bits per heavy atom. The van der Waals surface area contributed by atoms with E-state index in [2.05, 4.69) is 22.5 Å². The molecule has 1 aliphatic heterocycles. The van der Waals surface area contributed by atoms with Crippen molar-refractivity contribution >= 4 is 17.2 Å².